The van der Waals surface area contributed by atoms with E-state index < -0.39 is 6.16 Å². The van der Waals surface area contributed by atoms with Gasteiger partial charge in [0.15, 0.2) is 6.10 Å². The Morgan fingerprint density at radius 2 is 2.00 bits per heavy atom. The van der Waals surface area contributed by atoms with Gasteiger partial charge in [-0.2, -0.15) is 0 Å². The highest BCUT2D eigenvalue weighted by Gasteiger charge is 2.19. The molecule has 1 rings (SSSR count). The van der Waals surface area contributed by atoms with Crippen LogP contribution in [0.25, 0.3) is 0 Å². The Labute approximate surface area is 72.4 Å². The first-order valence-corrected chi connectivity index (χ1v) is 4.17. The summed E-state index contributed by atoms with van der Waals surface area (Å²) in [7, 11) is 0. The van der Waals surface area contributed by atoms with Crippen molar-refractivity contribution in [2.45, 2.75) is 32.1 Å². The minimum Gasteiger partial charge on any atom is -0.423 e. The molecule has 1 aliphatic carbocycles. The van der Waals surface area contributed by atoms with Crippen LogP contribution in [0.15, 0.2) is 12.8 Å². The molecular formula is C9H13O3. The van der Waals surface area contributed by atoms with Crippen LogP contribution in [-0.4, -0.2) is 6.16 Å². The summed E-state index contributed by atoms with van der Waals surface area (Å²) < 4.78 is 9.34. The summed E-state index contributed by atoms with van der Waals surface area (Å²) in [6, 6.07) is 0. The second kappa shape index (κ2) is 4.80. The number of rotatable bonds is 2. The summed E-state index contributed by atoms with van der Waals surface area (Å²) in [5.41, 5.74) is 0. The molecule has 1 fully saturated rings. The number of carbonyl (C=O) groups is 1. The lowest BCUT2D eigenvalue weighted by atomic mass is 9.98. The van der Waals surface area contributed by atoms with Gasteiger partial charge in [-0.25, -0.2) is 4.79 Å². The van der Waals surface area contributed by atoms with Crippen LogP contribution in [0.2, 0.25) is 0 Å². The van der Waals surface area contributed by atoms with Crippen molar-refractivity contribution in [1.82, 2.24) is 0 Å². The quantitative estimate of drug-likeness (QED) is 0.471. The minimum atomic E-state index is -0.665. The number of ether oxygens (including phenoxy) is 2. The van der Waals surface area contributed by atoms with Crippen molar-refractivity contribution in [1.29, 1.82) is 0 Å². The molecule has 12 heavy (non-hydrogen) atoms. The Bertz CT molecular complexity index is 159. The molecule has 0 aromatic heterocycles. The van der Waals surface area contributed by atoms with Crippen LogP contribution in [-0.2, 0) is 9.47 Å². The summed E-state index contributed by atoms with van der Waals surface area (Å²) in [6.07, 6.45) is 6.45. The average molecular weight is 169 g/mol. The Kier molecular flexibility index (Phi) is 3.64. The van der Waals surface area contributed by atoms with Crippen molar-refractivity contribution in [2.24, 2.45) is 0 Å². The first kappa shape index (κ1) is 9.10. The SMILES string of the molecule is C=COC(=O)O[C]1CCCCC1. The van der Waals surface area contributed by atoms with Crippen molar-refractivity contribution in [3.63, 3.8) is 0 Å². The smallest absolute Gasteiger partial charge is 0.423 e. The second-order valence-corrected chi connectivity index (χ2v) is 2.74. The highest BCUT2D eigenvalue weighted by Crippen LogP contribution is 2.26. The fourth-order valence-corrected chi connectivity index (χ4v) is 1.26. The van der Waals surface area contributed by atoms with E-state index in [0.717, 1.165) is 38.0 Å². The van der Waals surface area contributed by atoms with E-state index in [9.17, 15) is 4.79 Å². The molecule has 1 saturated carbocycles. The maximum Gasteiger partial charge on any atom is 0.513 e. The molecule has 0 spiro atoms. The first-order chi connectivity index (χ1) is 5.83. The van der Waals surface area contributed by atoms with Gasteiger partial charge in [0.1, 0.15) is 0 Å². The number of hydrogen-bond donors (Lipinski definition) is 0. The van der Waals surface area contributed by atoms with Crippen molar-refractivity contribution in [3.05, 3.63) is 18.9 Å². The molecule has 67 valence electrons. The molecule has 3 heteroatoms. The van der Waals surface area contributed by atoms with Crippen molar-refractivity contribution < 1.29 is 14.3 Å². The van der Waals surface area contributed by atoms with E-state index in [-0.39, 0.29) is 0 Å². The second-order valence-electron chi connectivity index (χ2n) is 2.74. The molecule has 0 atom stereocenters. The average Bonchev–Trinajstić information content (AvgIpc) is 2.06. The van der Waals surface area contributed by atoms with E-state index in [1.807, 2.05) is 0 Å². The molecule has 0 heterocycles. The van der Waals surface area contributed by atoms with E-state index in [2.05, 4.69) is 11.3 Å². The first-order valence-electron chi connectivity index (χ1n) is 4.17. The third-order valence-electron chi connectivity index (χ3n) is 1.82. The molecule has 0 bridgehead atoms. The fourth-order valence-electron chi connectivity index (χ4n) is 1.26. The minimum absolute atomic E-state index is 0.665. The van der Waals surface area contributed by atoms with Crippen molar-refractivity contribution in [2.75, 3.05) is 0 Å². The van der Waals surface area contributed by atoms with Gasteiger partial charge in [-0.15, -0.1) is 0 Å². The lowest BCUT2D eigenvalue weighted by molar-refractivity contribution is 0.0778. The van der Waals surface area contributed by atoms with Gasteiger partial charge < -0.3 is 9.47 Å². The number of carbonyl (C=O) groups excluding carboxylic acids is 1. The summed E-state index contributed by atoms with van der Waals surface area (Å²) in [6.45, 7) is 3.26. The molecule has 0 aromatic rings. The third kappa shape index (κ3) is 2.95. The van der Waals surface area contributed by atoms with Crippen LogP contribution < -0.4 is 0 Å². The predicted molar refractivity (Wildman–Crippen MR) is 44.1 cm³/mol. The van der Waals surface area contributed by atoms with Gasteiger partial charge in [-0.3, -0.25) is 0 Å². The Morgan fingerprint density at radius 1 is 1.33 bits per heavy atom. The Morgan fingerprint density at radius 3 is 2.58 bits per heavy atom. The Hall–Kier alpha value is -0.990. The highest BCUT2D eigenvalue weighted by molar-refractivity contribution is 5.61. The van der Waals surface area contributed by atoms with Crippen LogP contribution in [0.4, 0.5) is 4.79 Å². The maximum atomic E-state index is 10.8. The molecule has 1 aliphatic rings. The van der Waals surface area contributed by atoms with Gasteiger partial charge in [-0.1, -0.05) is 13.0 Å². The maximum absolute atomic E-state index is 10.8. The van der Waals surface area contributed by atoms with Crippen LogP contribution in [0.3, 0.4) is 0 Å². The summed E-state index contributed by atoms with van der Waals surface area (Å²) in [5.74, 6) is 0. The van der Waals surface area contributed by atoms with Crippen LogP contribution >= 0.6 is 0 Å². The lowest BCUT2D eigenvalue weighted by Crippen LogP contribution is -2.13. The molecule has 0 saturated heterocycles. The van der Waals surface area contributed by atoms with Gasteiger partial charge in [0.25, 0.3) is 0 Å². The third-order valence-corrected chi connectivity index (χ3v) is 1.82. The zero-order valence-electron chi connectivity index (χ0n) is 7.04. The van der Waals surface area contributed by atoms with E-state index in [1.165, 1.54) is 6.42 Å². The lowest BCUT2D eigenvalue weighted by Gasteiger charge is -2.19. The van der Waals surface area contributed by atoms with E-state index in [0.29, 0.717) is 0 Å². The normalized spacial score (nSPS) is 18.3. The zero-order chi connectivity index (χ0) is 8.81. The van der Waals surface area contributed by atoms with E-state index in [1.54, 1.807) is 0 Å². The predicted octanol–water partition coefficient (Wildman–Crippen LogP) is 2.78. The topological polar surface area (TPSA) is 35.5 Å². The summed E-state index contributed by atoms with van der Waals surface area (Å²) in [4.78, 5) is 10.8. The van der Waals surface area contributed by atoms with Crippen LogP contribution in [0.1, 0.15) is 32.1 Å². The molecule has 1 radical (unpaired) electrons. The zero-order valence-corrected chi connectivity index (χ0v) is 7.04. The Balaban J connectivity index is 2.19. The van der Waals surface area contributed by atoms with Gasteiger partial charge in [0.05, 0.1) is 6.26 Å². The van der Waals surface area contributed by atoms with Gasteiger partial charge in [-0.05, 0) is 25.7 Å². The van der Waals surface area contributed by atoms with Gasteiger partial charge in [0, 0.05) is 0 Å². The van der Waals surface area contributed by atoms with Crippen LogP contribution in [0, 0.1) is 6.10 Å². The molecular weight excluding hydrogens is 156 g/mol. The van der Waals surface area contributed by atoms with Gasteiger partial charge in [0.2, 0.25) is 0 Å². The van der Waals surface area contributed by atoms with E-state index >= 15 is 0 Å². The fraction of sp³-hybridized carbons (Fsp3) is 0.556. The van der Waals surface area contributed by atoms with Crippen molar-refractivity contribution in [3.8, 4) is 0 Å². The molecule has 3 nitrogen and oxygen atoms in total. The number of hydrogen-bond acceptors (Lipinski definition) is 3. The molecule has 0 amide bonds. The molecule has 0 aromatic carbocycles. The largest absolute Gasteiger partial charge is 0.513 e. The molecule has 0 N–H and O–H groups in total. The monoisotopic (exact) mass is 169 g/mol. The summed E-state index contributed by atoms with van der Waals surface area (Å²) >= 11 is 0. The summed E-state index contributed by atoms with van der Waals surface area (Å²) in [5, 5.41) is 0. The molecule has 0 unspecified atom stereocenters. The standard InChI is InChI=1S/C9H13O3/c1-2-11-9(10)12-8-6-4-3-5-7-8/h2H,1,3-7H2. The molecule has 0 aliphatic heterocycles. The van der Waals surface area contributed by atoms with E-state index in [4.69, 9.17) is 4.74 Å². The van der Waals surface area contributed by atoms with Crippen LogP contribution in [0.5, 0.6) is 0 Å². The van der Waals surface area contributed by atoms with Crippen molar-refractivity contribution >= 4 is 6.16 Å². The highest BCUT2D eigenvalue weighted by atomic mass is 16.7. The van der Waals surface area contributed by atoms with Gasteiger partial charge >= 0.3 is 6.16 Å².